The van der Waals surface area contributed by atoms with Crippen molar-refractivity contribution in [1.82, 2.24) is 0 Å². The van der Waals surface area contributed by atoms with Crippen LogP contribution in [-0.4, -0.2) is 6.26 Å². The molecule has 1 rings (SSSR count). The Bertz CT molecular complexity index is 198. The molecule has 9 heavy (non-hydrogen) atoms. The first-order chi connectivity index (χ1) is 4.33. The molecular weight excluding hydrogens is 130 g/mol. The molecule has 0 aliphatic carbocycles. The van der Waals surface area contributed by atoms with Crippen LogP contribution in [0.15, 0.2) is 29.2 Å². The van der Waals surface area contributed by atoms with Gasteiger partial charge in [-0.2, -0.15) is 0 Å². The maximum Gasteiger partial charge on any atom is 0.129 e. The predicted molar refractivity (Wildman–Crippen MR) is 40.8 cm³/mol. The minimum Gasteiger partial charge on any atom is -0.325 e. The standard InChI is InChI=1S/C7H9NS/c1-9-7-4-2-3-6(8)5-7/h2-5H,8H2,1H3/p+1. The van der Waals surface area contributed by atoms with Crippen molar-refractivity contribution in [2.45, 2.75) is 4.90 Å². The maximum absolute atomic E-state index is 3.82. The first kappa shape index (κ1) is 6.65. The second kappa shape index (κ2) is 2.90. The molecule has 0 saturated heterocycles. The van der Waals surface area contributed by atoms with Gasteiger partial charge >= 0.3 is 0 Å². The van der Waals surface area contributed by atoms with Gasteiger partial charge in [0.2, 0.25) is 0 Å². The molecule has 0 fully saturated rings. The Labute approximate surface area is 59.3 Å². The maximum atomic E-state index is 3.82. The van der Waals surface area contributed by atoms with Crippen LogP contribution < -0.4 is 5.73 Å². The average Bonchev–Trinajstić information content (AvgIpc) is 1.88. The molecule has 48 valence electrons. The first-order valence-electron chi connectivity index (χ1n) is 2.79. The zero-order valence-electron chi connectivity index (χ0n) is 5.42. The quantitative estimate of drug-likeness (QED) is 0.585. The fourth-order valence-corrected chi connectivity index (χ4v) is 1.16. The Morgan fingerprint density at radius 3 is 2.67 bits per heavy atom. The summed E-state index contributed by atoms with van der Waals surface area (Å²) in [4.78, 5) is 1.28. The first-order valence-corrected chi connectivity index (χ1v) is 4.01. The van der Waals surface area contributed by atoms with Gasteiger partial charge in [-0.1, -0.05) is 6.07 Å². The van der Waals surface area contributed by atoms with Crippen LogP contribution in [0.2, 0.25) is 0 Å². The van der Waals surface area contributed by atoms with Crippen LogP contribution in [0.4, 0.5) is 5.69 Å². The molecular formula is C7H10NS+. The molecule has 0 bridgehead atoms. The summed E-state index contributed by atoms with van der Waals surface area (Å²) >= 11 is 1.74. The van der Waals surface area contributed by atoms with Crippen molar-refractivity contribution in [3.05, 3.63) is 24.3 Å². The number of quaternary nitrogens is 1. The molecule has 1 aromatic rings. The van der Waals surface area contributed by atoms with E-state index < -0.39 is 0 Å². The molecule has 2 heteroatoms. The summed E-state index contributed by atoms with van der Waals surface area (Å²) in [5.41, 5.74) is 4.90. The SMILES string of the molecule is CSc1cccc([NH3+])c1. The molecule has 0 atom stereocenters. The van der Waals surface area contributed by atoms with Gasteiger partial charge in [-0.3, -0.25) is 0 Å². The summed E-state index contributed by atoms with van der Waals surface area (Å²) in [5.74, 6) is 0. The van der Waals surface area contributed by atoms with Gasteiger partial charge in [-0.05, 0) is 18.4 Å². The summed E-state index contributed by atoms with van der Waals surface area (Å²) in [5, 5.41) is 0. The number of hydrogen-bond donors (Lipinski definition) is 1. The second-order valence-corrected chi connectivity index (χ2v) is 2.73. The third kappa shape index (κ3) is 1.73. The van der Waals surface area contributed by atoms with Gasteiger partial charge in [-0.15, -0.1) is 11.8 Å². The number of benzene rings is 1. The fourth-order valence-electron chi connectivity index (χ4n) is 0.672. The minimum absolute atomic E-state index is 1.09. The second-order valence-electron chi connectivity index (χ2n) is 1.85. The third-order valence-corrected chi connectivity index (χ3v) is 1.86. The van der Waals surface area contributed by atoms with Crippen LogP contribution in [0.5, 0.6) is 0 Å². The average molecular weight is 140 g/mol. The topological polar surface area (TPSA) is 27.6 Å². The van der Waals surface area contributed by atoms with E-state index in [1.807, 2.05) is 12.1 Å². The molecule has 1 nitrogen and oxygen atoms in total. The van der Waals surface area contributed by atoms with E-state index in [0.29, 0.717) is 0 Å². The van der Waals surface area contributed by atoms with Crippen LogP contribution in [0.25, 0.3) is 0 Å². The van der Waals surface area contributed by atoms with E-state index in [9.17, 15) is 0 Å². The Kier molecular flexibility index (Phi) is 2.14. The Morgan fingerprint density at radius 1 is 1.44 bits per heavy atom. The molecule has 0 heterocycles. The largest absolute Gasteiger partial charge is 0.325 e. The number of hydrogen-bond acceptors (Lipinski definition) is 1. The van der Waals surface area contributed by atoms with Crippen molar-refractivity contribution >= 4 is 17.4 Å². The smallest absolute Gasteiger partial charge is 0.129 e. The highest BCUT2D eigenvalue weighted by atomic mass is 32.2. The van der Waals surface area contributed by atoms with Crippen molar-refractivity contribution in [1.29, 1.82) is 0 Å². The van der Waals surface area contributed by atoms with Gasteiger partial charge in [0.15, 0.2) is 0 Å². The molecule has 3 N–H and O–H groups in total. The van der Waals surface area contributed by atoms with Crippen molar-refractivity contribution in [3.8, 4) is 0 Å². The lowest BCUT2D eigenvalue weighted by Gasteiger charge is -1.92. The highest BCUT2D eigenvalue weighted by Crippen LogP contribution is 2.15. The molecule has 0 aromatic heterocycles. The highest BCUT2D eigenvalue weighted by Gasteiger charge is 1.89. The molecule has 0 spiro atoms. The molecule has 0 aliphatic heterocycles. The van der Waals surface area contributed by atoms with Crippen molar-refractivity contribution in [2.24, 2.45) is 0 Å². The molecule has 0 aliphatic rings. The van der Waals surface area contributed by atoms with Crippen molar-refractivity contribution in [3.63, 3.8) is 0 Å². The van der Waals surface area contributed by atoms with Gasteiger partial charge < -0.3 is 5.73 Å². The number of thioether (sulfide) groups is 1. The van der Waals surface area contributed by atoms with E-state index in [-0.39, 0.29) is 0 Å². The summed E-state index contributed by atoms with van der Waals surface area (Å²) in [7, 11) is 0. The molecule has 0 radical (unpaired) electrons. The molecule has 0 saturated carbocycles. The third-order valence-electron chi connectivity index (χ3n) is 1.13. The van der Waals surface area contributed by atoms with Crippen LogP contribution in [0, 0.1) is 0 Å². The van der Waals surface area contributed by atoms with Crippen LogP contribution in [0.1, 0.15) is 0 Å². The lowest BCUT2D eigenvalue weighted by atomic mass is 10.3. The predicted octanol–water partition coefficient (Wildman–Crippen LogP) is 1.28. The summed E-state index contributed by atoms with van der Waals surface area (Å²) < 4.78 is 0. The molecule has 0 amide bonds. The normalized spacial score (nSPS) is 9.56. The monoisotopic (exact) mass is 140 g/mol. The van der Waals surface area contributed by atoms with Gasteiger partial charge in [0.1, 0.15) is 5.69 Å². The van der Waals surface area contributed by atoms with Gasteiger partial charge in [0, 0.05) is 11.0 Å². The lowest BCUT2D eigenvalue weighted by molar-refractivity contribution is -0.255. The van der Waals surface area contributed by atoms with Crippen molar-refractivity contribution < 1.29 is 5.73 Å². The number of rotatable bonds is 1. The lowest BCUT2D eigenvalue weighted by Crippen LogP contribution is -2.39. The van der Waals surface area contributed by atoms with E-state index in [1.54, 1.807) is 11.8 Å². The van der Waals surface area contributed by atoms with E-state index in [2.05, 4.69) is 24.1 Å². The van der Waals surface area contributed by atoms with Crippen molar-refractivity contribution in [2.75, 3.05) is 6.26 Å². The van der Waals surface area contributed by atoms with E-state index in [0.717, 1.165) is 5.69 Å². The minimum atomic E-state index is 1.09. The summed E-state index contributed by atoms with van der Waals surface area (Å²) in [6.45, 7) is 0. The Balaban J connectivity index is 2.94. The van der Waals surface area contributed by atoms with E-state index in [4.69, 9.17) is 0 Å². The Morgan fingerprint density at radius 2 is 2.22 bits per heavy atom. The molecule has 1 aromatic carbocycles. The summed E-state index contributed by atoms with van der Waals surface area (Å²) in [6, 6.07) is 8.18. The van der Waals surface area contributed by atoms with E-state index in [1.165, 1.54) is 4.90 Å². The molecule has 0 unspecified atom stereocenters. The van der Waals surface area contributed by atoms with Gasteiger partial charge in [0.05, 0.1) is 0 Å². The van der Waals surface area contributed by atoms with E-state index >= 15 is 0 Å². The summed E-state index contributed by atoms with van der Waals surface area (Å²) in [6.07, 6.45) is 2.06. The highest BCUT2D eigenvalue weighted by molar-refractivity contribution is 7.98. The fraction of sp³-hybridized carbons (Fsp3) is 0.143. The van der Waals surface area contributed by atoms with Crippen LogP contribution in [0.3, 0.4) is 0 Å². The van der Waals surface area contributed by atoms with Gasteiger partial charge in [0.25, 0.3) is 0 Å². The zero-order chi connectivity index (χ0) is 6.69. The zero-order valence-corrected chi connectivity index (χ0v) is 6.24. The van der Waals surface area contributed by atoms with Gasteiger partial charge in [-0.25, -0.2) is 0 Å². The Hall–Kier alpha value is -0.470. The van der Waals surface area contributed by atoms with Crippen LogP contribution >= 0.6 is 11.8 Å². The van der Waals surface area contributed by atoms with Crippen LogP contribution in [-0.2, 0) is 0 Å².